The van der Waals surface area contributed by atoms with Gasteiger partial charge >= 0.3 is 0 Å². The maximum Gasteiger partial charge on any atom is 0.263 e. The van der Waals surface area contributed by atoms with E-state index in [1.54, 1.807) is 11.0 Å². The third-order valence-electron chi connectivity index (χ3n) is 6.87. The van der Waals surface area contributed by atoms with E-state index in [0.29, 0.717) is 37.0 Å². The number of pyridine rings is 1. The molecule has 4 atom stereocenters. The number of rotatable bonds is 3. The Balaban J connectivity index is 1.37. The van der Waals surface area contributed by atoms with Gasteiger partial charge in [0.15, 0.2) is 0 Å². The van der Waals surface area contributed by atoms with E-state index in [1.807, 2.05) is 30.5 Å². The molecule has 0 aliphatic carbocycles. The molecule has 2 bridgehead atoms. The fraction of sp³-hybridized carbons (Fsp3) is 0.520. The number of morpholine rings is 1. The summed E-state index contributed by atoms with van der Waals surface area (Å²) in [6.45, 7) is 8.60. The van der Waals surface area contributed by atoms with Gasteiger partial charge in [-0.25, -0.2) is 0 Å². The number of fused-ring (bicyclic) bond motifs is 4. The summed E-state index contributed by atoms with van der Waals surface area (Å²) in [5.41, 5.74) is 2.58. The Labute approximate surface area is 183 Å². The number of carbonyl (C=O) groups excluding carboxylic acids is 1. The number of hydrogen-bond acceptors (Lipinski definition) is 4. The van der Waals surface area contributed by atoms with Gasteiger partial charge in [-0.3, -0.25) is 14.5 Å². The van der Waals surface area contributed by atoms with E-state index in [9.17, 15) is 9.59 Å². The van der Waals surface area contributed by atoms with Crippen LogP contribution in [-0.4, -0.2) is 58.7 Å². The molecule has 5 rings (SSSR count). The lowest BCUT2D eigenvalue weighted by Crippen LogP contribution is -2.51. The molecule has 3 aliphatic rings. The number of piperidine rings is 1. The van der Waals surface area contributed by atoms with Crippen molar-refractivity contribution < 1.29 is 9.53 Å². The van der Waals surface area contributed by atoms with E-state index in [0.717, 1.165) is 31.7 Å². The Morgan fingerprint density at radius 1 is 0.968 bits per heavy atom. The van der Waals surface area contributed by atoms with E-state index in [1.165, 1.54) is 5.56 Å². The standard InChI is InChI=1S/C25H31N3O3/c1-17-11-27(12-18(2)31-17)24(29)22-8-9-23-21-10-20(15-28(23)25(22)30)14-26(16-21)13-19-6-4-3-5-7-19/h3-9,17-18,20-21H,10-16H2,1-2H3/t17-,18+,20-,21+/m0/s1. The molecular formula is C25H31N3O3. The van der Waals surface area contributed by atoms with Crippen LogP contribution in [0.25, 0.3) is 0 Å². The SMILES string of the molecule is C[C@@H]1CN(C(=O)c2ccc3n(c2=O)C[C@H]2C[C@@H]3CN(Cc3ccccc3)C2)C[C@H](C)O1. The number of hydrogen-bond donors (Lipinski definition) is 0. The second-order valence-corrected chi connectivity index (χ2v) is 9.53. The first-order chi connectivity index (χ1) is 15.0. The number of aromatic nitrogens is 1. The average molecular weight is 422 g/mol. The molecule has 2 saturated heterocycles. The van der Waals surface area contributed by atoms with Gasteiger partial charge in [0.1, 0.15) is 5.56 Å². The quantitative estimate of drug-likeness (QED) is 0.765. The Hall–Kier alpha value is -2.44. The number of carbonyl (C=O) groups is 1. The zero-order valence-corrected chi connectivity index (χ0v) is 18.4. The highest BCUT2D eigenvalue weighted by molar-refractivity contribution is 5.94. The molecule has 6 nitrogen and oxygen atoms in total. The van der Waals surface area contributed by atoms with Crippen molar-refractivity contribution in [3.63, 3.8) is 0 Å². The first kappa shape index (κ1) is 20.5. The Morgan fingerprint density at radius 2 is 1.71 bits per heavy atom. The molecule has 0 unspecified atom stereocenters. The minimum atomic E-state index is -0.163. The molecule has 1 aromatic heterocycles. The molecule has 164 valence electrons. The molecule has 31 heavy (non-hydrogen) atoms. The van der Waals surface area contributed by atoms with Crippen LogP contribution in [0.3, 0.4) is 0 Å². The number of nitrogens with zero attached hydrogens (tertiary/aromatic N) is 3. The maximum atomic E-state index is 13.3. The van der Waals surface area contributed by atoms with Crippen molar-refractivity contribution in [2.75, 3.05) is 26.2 Å². The second-order valence-electron chi connectivity index (χ2n) is 9.53. The van der Waals surface area contributed by atoms with Gasteiger partial charge in [-0.1, -0.05) is 30.3 Å². The number of likely N-dealkylation sites (tertiary alicyclic amines) is 1. The molecule has 0 N–H and O–H groups in total. The molecule has 0 spiro atoms. The molecular weight excluding hydrogens is 390 g/mol. The molecule has 1 amide bonds. The number of amides is 1. The summed E-state index contributed by atoms with van der Waals surface area (Å²) in [7, 11) is 0. The highest BCUT2D eigenvalue weighted by atomic mass is 16.5. The van der Waals surface area contributed by atoms with Crippen LogP contribution < -0.4 is 5.56 Å². The van der Waals surface area contributed by atoms with Crippen molar-refractivity contribution in [2.24, 2.45) is 5.92 Å². The van der Waals surface area contributed by atoms with Crippen LogP contribution in [0, 0.1) is 5.92 Å². The Bertz CT molecular complexity index is 1010. The maximum absolute atomic E-state index is 13.3. The lowest BCUT2D eigenvalue weighted by atomic mass is 9.82. The third-order valence-corrected chi connectivity index (χ3v) is 6.87. The van der Waals surface area contributed by atoms with Gasteiger partial charge in [-0.15, -0.1) is 0 Å². The summed E-state index contributed by atoms with van der Waals surface area (Å²) in [6, 6.07) is 14.4. The van der Waals surface area contributed by atoms with E-state index < -0.39 is 0 Å². The lowest BCUT2D eigenvalue weighted by Gasteiger charge is -2.43. The van der Waals surface area contributed by atoms with Crippen molar-refractivity contribution >= 4 is 5.91 Å². The molecule has 4 heterocycles. The highest BCUT2D eigenvalue weighted by Crippen LogP contribution is 2.35. The second kappa shape index (κ2) is 8.24. The molecule has 2 aromatic rings. The lowest BCUT2D eigenvalue weighted by molar-refractivity contribution is -0.0586. The summed E-state index contributed by atoms with van der Waals surface area (Å²) in [5, 5.41) is 0. The van der Waals surface area contributed by atoms with Gasteiger partial charge in [-0.2, -0.15) is 0 Å². The first-order valence-electron chi connectivity index (χ1n) is 11.4. The fourth-order valence-corrected chi connectivity index (χ4v) is 5.69. The van der Waals surface area contributed by atoms with Crippen LogP contribution in [0.2, 0.25) is 0 Å². The fourth-order valence-electron chi connectivity index (χ4n) is 5.69. The van der Waals surface area contributed by atoms with Crippen LogP contribution in [-0.2, 0) is 17.8 Å². The summed E-state index contributed by atoms with van der Waals surface area (Å²) in [5.74, 6) is 0.627. The molecule has 1 aromatic carbocycles. The van der Waals surface area contributed by atoms with Gasteiger partial charge < -0.3 is 14.2 Å². The molecule has 6 heteroatoms. The number of benzene rings is 1. The smallest absolute Gasteiger partial charge is 0.263 e. The van der Waals surface area contributed by atoms with Crippen LogP contribution in [0.5, 0.6) is 0 Å². The summed E-state index contributed by atoms with van der Waals surface area (Å²) < 4.78 is 7.63. The van der Waals surface area contributed by atoms with Gasteiger partial charge in [0, 0.05) is 50.9 Å². The summed E-state index contributed by atoms with van der Waals surface area (Å²) in [4.78, 5) is 30.8. The van der Waals surface area contributed by atoms with Gasteiger partial charge in [0.25, 0.3) is 11.5 Å². The summed E-state index contributed by atoms with van der Waals surface area (Å²) in [6.07, 6.45) is 1.10. The molecule has 0 radical (unpaired) electrons. The van der Waals surface area contributed by atoms with Crippen LogP contribution in [0.15, 0.2) is 47.3 Å². The van der Waals surface area contributed by atoms with E-state index in [2.05, 4.69) is 29.2 Å². The zero-order chi connectivity index (χ0) is 21.5. The summed E-state index contributed by atoms with van der Waals surface area (Å²) >= 11 is 0. The van der Waals surface area contributed by atoms with E-state index in [4.69, 9.17) is 4.74 Å². The van der Waals surface area contributed by atoms with Crippen LogP contribution in [0.4, 0.5) is 0 Å². The minimum Gasteiger partial charge on any atom is -0.372 e. The normalized spacial score (nSPS) is 28.3. The van der Waals surface area contributed by atoms with Crippen molar-refractivity contribution in [1.29, 1.82) is 0 Å². The highest BCUT2D eigenvalue weighted by Gasteiger charge is 2.36. The molecule has 3 aliphatic heterocycles. The third kappa shape index (κ3) is 4.06. The first-order valence-corrected chi connectivity index (χ1v) is 11.4. The van der Waals surface area contributed by atoms with Crippen LogP contribution in [0.1, 0.15) is 47.8 Å². The van der Waals surface area contributed by atoms with Gasteiger partial charge in [-0.05, 0) is 43.9 Å². The van der Waals surface area contributed by atoms with E-state index >= 15 is 0 Å². The largest absolute Gasteiger partial charge is 0.372 e. The minimum absolute atomic E-state index is 0.0111. The van der Waals surface area contributed by atoms with E-state index in [-0.39, 0.29) is 23.7 Å². The number of ether oxygens (including phenoxy) is 1. The predicted octanol–water partition coefficient (Wildman–Crippen LogP) is 2.72. The molecule has 2 fully saturated rings. The molecule has 0 saturated carbocycles. The average Bonchev–Trinajstić information content (AvgIpc) is 2.74. The van der Waals surface area contributed by atoms with Crippen molar-refractivity contribution in [2.45, 2.75) is 51.5 Å². The van der Waals surface area contributed by atoms with Gasteiger partial charge in [0.05, 0.1) is 12.2 Å². The van der Waals surface area contributed by atoms with Crippen molar-refractivity contribution in [3.05, 3.63) is 69.6 Å². The Morgan fingerprint density at radius 3 is 2.45 bits per heavy atom. The zero-order valence-electron chi connectivity index (χ0n) is 18.4. The Kier molecular flexibility index (Phi) is 5.44. The van der Waals surface area contributed by atoms with Crippen LogP contribution >= 0.6 is 0 Å². The van der Waals surface area contributed by atoms with Gasteiger partial charge in [0.2, 0.25) is 0 Å². The monoisotopic (exact) mass is 421 g/mol. The van der Waals surface area contributed by atoms with Crippen molar-refractivity contribution in [3.8, 4) is 0 Å². The predicted molar refractivity (Wildman–Crippen MR) is 119 cm³/mol. The van der Waals surface area contributed by atoms with Crippen molar-refractivity contribution in [1.82, 2.24) is 14.4 Å². The topological polar surface area (TPSA) is 54.8 Å².